The average molecular weight is 335 g/mol. The van der Waals surface area contributed by atoms with Crippen LogP contribution in [0.3, 0.4) is 0 Å². The van der Waals surface area contributed by atoms with Crippen molar-refractivity contribution in [1.29, 1.82) is 0 Å². The van der Waals surface area contributed by atoms with Gasteiger partial charge >= 0.3 is 0 Å². The van der Waals surface area contributed by atoms with Gasteiger partial charge in [-0.2, -0.15) is 4.09 Å². The van der Waals surface area contributed by atoms with Gasteiger partial charge in [-0.1, -0.05) is 0 Å². The van der Waals surface area contributed by atoms with E-state index in [1.54, 1.807) is 19.2 Å². The first kappa shape index (κ1) is 16.6. The number of pyridine rings is 1. The number of aryl methyl sites for hydroxylation is 1. The number of rotatable bonds is 6. The van der Waals surface area contributed by atoms with Crippen molar-refractivity contribution in [2.24, 2.45) is 10.7 Å². The number of hydrogen-bond acceptors (Lipinski definition) is 7. The molecular formula is C13H14FN7OS. The Morgan fingerprint density at radius 1 is 1.52 bits per heavy atom. The number of carbonyl (C=O) groups is 1. The SMILES string of the molecule is C/C(N)=C(/C=Nc1cc(NC=O)ncc1C)c1ncn(SF)n1. The zero-order valence-corrected chi connectivity index (χ0v) is 13.2. The Balaban J connectivity index is 2.34. The first-order chi connectivity index (χ1) is 11.0. The van der Waals surface area contributed by atoms with Crippen molar-refractivity contribution < 1.29 is 8.68 Å². The molecule has 0 bridgehead atoms. The third-order valence-corrected chi connectivity index (χ3v) is 3.14. The van der Waals surface area contributed by atoms with E-state index in [1.807, 2.05) is 6.92 Å². The summed E-state index contributed by atoms with van der Waals surface area (Å²) in [5.74, 6) is 0.640. The minimum atomic E-state index is -0.0714. The summed E-state index contributed by atoms with van der Waals surface area (Å²) < 4.78 is 13.4. The van der Waals surface area contributed by atoms with Crippen LogP contribution in [0.25, 0.3) is 5.57 Å². The summed E-state index contributed by atoms with van der Waals surface area (Å²) in [5, 5.41) is 6.38. The van der Waals surface area contributed by atoms with Gasteiger partial charge in [-0.3, -0.25) is 9.79 Å². The fourth-order valence-corrected chi connectivity index (χ4v) is 1.86. The lowest BCUT2D eigenvalue weighted by molar-refractivity contribution is -0.105. The molecule has 2 rings (SSSR count). The van der Waals surface area contributed by atoms with Gasteiger partial charge in [0.25, 0.3) is 0 Å². The molecule has 2 aromatic heterocycles. The fraction of sp³-hybridized carbons (Fsp3) is 0.154. The Morgan fingerprint density at radius 3 is 2.91 bits per heavy atom. The molecule has 8 nitrogen and oxygen atoms in total. The summed E-state index contributed by atoms with van der Waals surface area (Å²) in [5.41, 5.74) is 8.15. The molecule has 10 heteroatoms. The second-order valence-electron chi connectivity index (χ2n) is 4.51. The standard InChI is InChI=1S/C13H14FN7OS/c1-8-4-17-12(19-7-22)3-11(8)16-5-10(9(2)15)13-18-6-21(20-13)23-14/h3-7H,15H2,1-2H3,(H,17,19,22)/b10-9+,16-5?. The highest BCUT2D eigenvalue weighted by atomic mass is 32.2. The number of hydrogen-bond donors (Lipinski definition) is 2. The van der Waals surface area contributed by atoms with Crippen LogP contribution in [0.1, 0.15) is 18.3 Å². The van der Waals surface area contributed by atoms with Crippen molar-refractivity contribution in [1.82, 2.24) is 19.2 Å². The number of halogens is 1. The van der Waals surface area contributed by atoms with E-state index in [0.717, 1.165) is 9.65 Å². The predicted molar refractivity (Wildman–Crippen MR) is 87.7 cm³/mol. The average Bonchev–Trinajstić information content (AvgIpc) is 2.99. The quantitative estimate of drug-likeness (QED) is 0.617. The van der Waals surface area contributed by atoms with Crippen LogP contribution >= 0.6 is 12.3 Å². The molecule has 2 aromatic rings. The van der Waals surface area contributed by atoms with Crippen LogP contribution < -0.4 is 11.1 Å². The summed E-state index contributed by atoms with van der Waals surface area (Å²) in [6.45, 7) is 3.50. The number of aliphatic imine (C=N–C) groups is 1. The van der Waals surface area contributed by atoms with Gasteiger partial charge in [0.05, 0.1) is 11.3 Å². The van der Waals surface area contributed by atoms with Crippen LogP contribution in [-0.4, -0.2) is 31.8 Å². The molecule has 120 valence electrons. The van der Waals surface area contributed by atoms with Crippen molar-refractivity contribution >= 4 is 42.0 Å². The molecule has 0 spiro atoms. The molecule has 0 radical (unpaired) electrons. The van der Waals surface area contributed by atoms with E-state index in [2.05, 4.69) is 25.4 Å². The largest absolute Gasteiger partial charge is 0.402 e. The Morgan fingerprint density at radius 2 is 2.30 bits per heavy atom. The Labute approximate surface area is 136 Å². The van der Waals surface area contributed by atoms with Crippen LogP contribution in [-0.2, 0) is 4.79 Å². The molecule has 0 saturated heterocycles. The molecule has 23 heavy (non-hydrogen) atoms. The van der Waals surface area contributed by atoms with Crippen molar-refractivity contribution in [2.75, 3.05) is 5.32 Å². The summed E-state index contributed by atoms with van der Waals surface area (Å²) in [6, 6.07) is 1.62. The van der Waals surface area contributed by atoms with E-state index in [0.29, 0.717) is 29.2 Å². The minimum absolute atomic E-state index is 0.0714. The van der Waals surface area contributed by atoms with Gasteiger partial charge in [0.1, 0.15) is 12.1 Å². The summed E-state index contributed by atoms with van der Waals surface area (Å²) in [6.07, 6.45) is 4.85. The van der Waals surface area contributed by atoms with E-state index in [9.17, 15) is 8.68 Å². The van der Waals surface area contributed by atoms with Crippen molar-refractivity contribution in [3.63, 3.8) is 0 Å². The van der Waals surface area contributed by atoms with E-state index >= 15 is 0 Å². The Kier molecular flexibility index (Phi) is 5.41. The molecule has 2 heterocycles. The topological polar surface area (TPSA) is 111 Å². The lowest BCUT2D eigenvalue weighted by Crippen LogP contribution is -2.01. The molecule has 0 atom stereocenters. The maximum atomic E-state index is 12.5. The molecular weight excluding hydrogens is 321 g/mol. The smallest absolute Gasteiger partial charge is 0.212 e. The van der Waals surface area contributed by atoms with E-state index in [1.165, 1.54) is 12.5 Å². The minimum Gasteiger partial charge on any atom is -0.402 e. The zero-order valence-electron chi connectivity index (χ0n) is 12.4. The lowest BCUT2D eigenvalue weighted by atomic mass is 10.2. The summed E-state index contributed by atoms with van der Waals surface area (Å²) in [7, 11) is 0. The number of carbonyl (C=O) groups excluding carboxylic acids is 1. The number of nitrogens with two attached hydrogens (primary N) is 1. The second-order valence-corrected chi connectivity index (χ2v) is 5.02. The second kappa shape index (κ2) is 7.49. The molecule has 0 aliphatic rings. The molecule has 0 unspecified atom stereocenters. The maximum absolute atomic E-state index is 12.5. The highest BCUT2D eigenvalue weighted by Gasteiger charge is 2.09. The van der Waals surface area contributed by atoms with Gasteiger partial charge in [-0.15, -0.1) is 8.98 Å². The molecule has 0 fully saturated rings. The van der Waals surface area contributed by atoms with Gasteiger partial charge in [0, 0.05) is 24.2 Å². The normalized spacial score (nSPS) is 12.3. The van der Waals surface area contributed by atoms with Gasteiger partial charge in [-0.05, 0) is 19.4 Å². The van der Waals surface area contributed by atoms with Crippen LogP contribution in [0.5, 0.6) is 0 Å². The molecule has 0 aromatic carbocycles. The van der Waals surface area contributed by atoms with Gasteiger partial charge in [-0.25, -0.2) is 9.97 Å². The highest BCUT2D eigenvalue weighted by Crippen LogP contribution is 2.22. The van der Waals surface area contributed by atoms with Gasteiger partial charge < -0.3 is 11.1 Å². The summed E-state index contributed by atoms with van der Waals surface area (Å²) in [4.78, 5) is 22.8. The predicted octanol–water partition coefficient (Wildman–Crippen LogP) is 2.02. The summed E-state index contributed by atoms with van der Waals surface area (Å²) >= 11 is -0.0714. The van der Waals surface area contributed by atoms with Crippen molar-refractivity contribution in [3.05, 3.63) is 35.7 Å². The molecule has 0 aliphatic carbocycles. The van der Waals surface area contributed by atoms with Gasteiger partial charge in [0.2, 0.25) is 6.41 Å². The Bertz CT molecular complexity index is 767. The molecule has 3 N–H and O–H groups in total. The number of nitrogens with one attached hydrogen (secondary N) is 1. The number of amides is 1. The lowest BCUT2D eigenvalue weighted by Gasteiger charge is -2.04. The monoisotopic (exact) mass is 335 g/mol. The maximum Gasteiger partial charge on any atom is 0.212 e. The zero-order chi connectivity index (χ0) is 16.8. The number of aromatic nitrogens is 4. The number of allylic oxidation sites excluding steroid dienone is 2. The van der Waals surface area contributed by atoms with Crippen molar-refractivity contribution in [3.8, 4) is 0 Å². The first-order valence-electron chi connectivity index (χ1n) is 6.43. The van der Waals surface area contributed by atoms with Crippen LogP contribution in [0.15, 0.2) is 29.3 Å². The van der Waals surface area contributed by atoms with Crippen LogP contribution in [0.2, 0.25) is 0 Å². The van der Waals surface area contributed by atoms with E-state index < -0.39 is 0 Å². The molecule has 0 saturated carbocycles. The number of nitrogens with zero attached hydrogens (tertiary/aromatic N) is 5. The fourth-order valence-electron chi connectivity index (χ4n) is 1.67. The highest BCUT2D eigenvalue weighted by molar-refractivity contribution is 7.92. The molecule has 0 aliphatic heterocycles. The third kappa shape index (κ3) is 4.13. The van der Waals surface area contributed by atoms with Crippen LogP contribution in [0.4, 0.5) is 15.4 Å². The Hall–Kier alpha value is -2.75. The van der Waals surface area contributed by atoms with Gasteiger partial charge in [0.15, 0.2) is 18.2 Å². The van der Waals surface area contributed by atoms with E-state index in [4.69, 9.17) is 5.73 Å². The van der Waals surface area contributed by atoms with Crippen LogP contribution in [0, 0.1) is 6.92 Å². The number of anilines is 1. The van der Waals surface area contributed by atoms with Crippen molar-refractivity contribution in [2.45, 2.75) is 13.8 Å². The first-order valence-corrected chi connectivity index (χ1v) is 7.11. The van der Waals surface area contributed by atoms with E-state index in [-0.39, 0.29) is 18.2 Å². The molecule has 1 amide bonds. The third-order valence-electron chi connectivity index (χ3n) is 2.82.